The number of anilines is 4. The first-order valence-corrected chi connectivity index (χ1v) is 9.83. The fraction of sp³-hybridized carbons (Fsp3) is 0.500. The van der Waals surface area contributed by atoms with Crippen LogP contribution in [-0.4, -0.2) is 27.4 Å². The van der Waals surface area contributed by atoms with Crippen LogP contribution in [0.4, 0.5) is 23.5 Å². The molecule has 3 aliphatic rings. The summed E-state index contributed by atoms with van der Waals surface area (Å²) in [4.78, 5) is 24.3. The van der Waals surface area contributed by atoms with Gasteiger partial charge in [-0.15, -0.1) is 0 Å². The van der Waals surface area contributed by atoms with Crippen LogP contribution in [0.1, 0.15) is 42.1 Å². The third kappa shape index (κ3) is 3.58. The normalized spacial score (nSPS) is 25.6. The largest absolute Gasteiger partial charge is 0.368 e. The lowest BCUT2D eigenvalue weighted by molar-refractivity contribution is -0.0181. The molecule has 8 nitrogen and oxygen atoms in total. The minimum absolute atomic E-state index is 0.143. The SMILES string of the molecule is Cc1ccc(C(N)=O)cc1Nc1nc(N)nc(NC[C@@H]2CC[C@H]3C[C@@H]2C3C)n1. The molecular formula is C20H27N7O. The van der Waals surface area contributed by atoms with Gasteiger partial charge >= 0.3 is 0 Å². The summed E-state index contributed by atoms with van der Waals surface area (Å²) in [6.07, 6.45) is 3.94. The number of nitrogens with one attached hydrogen (secondary N) is 2. The fourth-order valence-electron chi connectivity index (χ4n) is 4.61. The third-order valence-corrected chi connectivity index (χ3v) is 6.45. The Bertz CT molecular complexity index is 898. The second-order valence-corrected chi connectivity index (χ2v) is 8.10. The van der Waals surface area contributed by atoms with Gasteiger partial charge in [-0.25, -0.2) is 0 Å². The molecular weight excluding hydrogens is 354 g/mol. The molecule has 8 heteroatoms. The topological polar surface area (TPSA) is 132 Å². The summed E-state index contributed by atoms with van der Waals surface area (Å²) in [5.74, 6) is 3.69. The Balaban J connectivity index is 1.47. The highest BCUT2D eigenvalue weighted by atomic mass is 16.1. The molecule has 148 valence electrons. The van der Waals surface area contributed by atoms with Gasteiger partial charge in [0.25, 0.3) is 0 Å². The minimum atomic E-state index is -0.486. The molecule has 1 amide bonds. The number of aryl methyl sites for hydroxylation is 1. The molecule has 6 N–H and O–H groups in total. The number of hydrogen-bond acceptors (Lipinski definition) is 7. The van der Waals surface area contributed by atoms with Gasteiger partial charge in [0, 0.05) is 17.8 Å². The number of amides is 1. The molecule has 28 heavy (non-hydrogen) atoms. The summed E-state index contributed by atoms with van der Waals surface area (Å²) in [5.41, 5.74) is 13.3. The van der Waals surface area contributed by atoms with Crippen LogP contribution in [-0.2, 0) is 0 Å². The van der Waals surface area contributed by atoms with E-state index in [0.29, 0.717) is 29.1 Å². The number of nitrogens with zero attached hydrogens (tertiary/aromatic N) is 3. The van der Waals surface area contributed by atoms with E-state index >= 15 is 0 Å². The molecule has 3 fully saturated rings. The summed E-state index contributed by atoms with van der Waals surface area (Å²) in [6, 6.07) is 5.19. The standard InChI is InChI=1S/C20H27N7O/c1-10-3-4-13(17(21)28)8-16(10)24-20-26-18(22)25-19(27-20)23-9-14-6-5-12-7-15(14)11(12)2/h3-4,8,11-12,14-15H,5-7,9H2,1-2H3,(H2,21,28)(H4,22,23,24,25,26,27)/t11?,12-,14-,15+/m0/s1. The molecule has 0 saturated heterocycles. The number of carbonyl (C=O) groups excluding carboxylic acids is 1. The van der Waals surface area contributed by atoms with Crippen molar-refractivity contribution in [2.24, 2.45) is 29.4 Å². The number of carbonyl (C=O) groups is 1. The van der Waals surface area contributed by atoms with Crippen LogP contribution in [0.15, 0.2) is 18.2 Å². The summed E-state index contributed by atoms with van der Waals surface area (Å²) >= 11 is 0. The molecule has 1 aromatic carbocycles. The minimum Gasteiger partial charge on any atom is -0.368 e. The molecule has 0 aliphatic heterocycles. The number of primary amides is 1. The van der Waals surface area contributed by atoms with Crippen LogP contribution in [0, 0.1) is 30.6 Å². The fourth-order valence-corrected chi connectivity index (χ4v) is 4.61. The van der Waals surface area contributed by atoms with Gasteiger partial charge in [-0.3, -0.25) is 4.79 Å². The highest BCUT2D eigenvalue weighted by Crippen LogP contribution is 2.53. The highest BCUT2D eigenvalue weighted by Gasteiger charge is 2.45. The van der Waals surface area contributed by atoms with E-state index in [0.717, 1.165) is 29.9 Å². The van der Waals surface area contributed by atoms with Crippen molar-refractivity contribution in [3.05, 3.63) is 29.3 Å². The second-order valence-electron chi connectivity index (χ2n) is 8.10. The smallest absolute Gasteiger partial charge is 0.248 e. The molecule has 1 unspecified atom stereocenters. The van der Waals surface area contributed by atoms with E-state index in [-0.39, 0.29) is 5.95 Å². The first kappa shape index (κ1) is 18.5. The van der Waals surface area contributed by atoms with Gasteiger partial charge in [0.1, 0.15) is 0 Å². The van der Waals surface area contributed by atoms with Gasteiger partial charge in [0.15, 0.2) is 0 Å². The number of aromatic nitrogens is 3. The van der Waals surface area contributed by atoms with Crippen LogP contribution in [0.3, 0.4) is 0 Å². The Kier molecular flexibility index (Phi) is 4.78. The van der Waals surface area contributed by atoms with E-state index in [2.05, 4.69) is 32.5 Å². The zero-order chi connectivity index (χ0) is 19.8. The van der Waals surface area contributed by atoms with Crippen molar-refractivity contribution < 1.29 is 4.79 Å². The van der Waals surface area contributed by atoms with Gasteiger partial charge < -0.3 is 22.1 Å². The lowest BCUT2D eigenvalue weighted by atomic mass is 9.54. The second kappa shape index (κ2) is 7.26. The maximum absolute atomic E-state index is 11.4. The maximum Gasteiger partial charge on any atom is 0.248 e. The predicted molar refractivity (Wildman–Crippen MR) is 109 cm³/mol. The monoisotopic (exact) mass is 381 g/mol. The van der Waals surface area contributed by atoms with Crippen molar-refractivity contribution in [2.75, 3.05) is 22.9 Å². The van der Waals surface area contributed by atoms with Crippen LogP contribution < -0.4 is 22.1 Å². The molecule has 0 radical (unpaired) electrons. The van der Waals surface area contributed by atoms with E-state index in [1.54, 1.807) is 12.1 Å². The molecule has 5 rings (SSSR count). The average molecular weight is 381 g/mol. The van der Waals surface area contributed by atoms with Crippen molar-refractivity contribution >= 4 is 29.4 Å². The number of rotatable bonds is 6. The number of hydrogen-bond donors (Lipinski definition) is 4. The van der Waals surface area contributed by atoms with E-state index < -0.39 is 5.91 Å². The van der Waals surface area contributed by atoms with Crippen molar-refractivity contribution in [3.63, 3.8) is 0 Å². The van der Waals surface area contributed by atoms with Gasteiger partial charge in [-0.1, -0.05) is 13.0 Å². The molecule has 1 aromatic heterocycles. The van der Waals surface area contributed by atoms with Crippen LogP contribution in [0.25, 0.3) is 0 Å². The van der Waals surface area contributed by atoms with Crippen LogP contribution in [0.5, 0.6) is 0 Å². The number of nitrogens with two attached hydrogens (primary N) is 2. The van der Waals surface area contributed by atoms with Gasteiger partial charge in [0.05, 0.1) is 0 Å². The first-order valence-electron chi connectivity index (χ1n) is 9.83. The number of benzene rings is 1. The van der Waals surface area contributed by atoms with Crippen molar-refractivity contribution in [1.29, 1.82) is 0 Å². The average Bonchev–Trinajstić information content (AvgIpc) is 2.67. The Morgan fingerprint density at radius 3 is 2.71 bits per heavy atom. The van der Waals surface area contributed by atoms with Crippen molar-refractivity contribution in [2.45, 2.75) is 33.1 Å². The molecule has 2 aromatic rings. The Labute approximate surface area is 164 Å². The molecule has 0 spiro atoms. The molecule has 3 aliphatic carbocycles. The Hall–Kier alpha value is -2.90. The van der Waals surface area contributed by atoms with Gasteiger partial charge in [0.2, 0.25) is 23.8 Å². The quantitative estimate of drug-likeness (QED) is 0.605. The summed E-state index contributed by atoms with van der Waals surface area (Å²) in [5, 5.41) is 6.47. The first-order chi connectivity index (χ1) is 13.4. The molecule has 3 saturated carbocycles. The highest BCUT2D eigenvalue weighted by molar-refractivity contribution is 5.94. The number of nitrogen functional groups attached to an aromatic ring is 1. The van der Waals surface area contributed by atoms with Crippen LogP contribution >= 0.6 is 0 Å². The summed E-state index contributed by atoms with van der Waals surface area (Å²) < 4.78 is 0. The van der Waals surface area contributed by atoms with E-state index in [1.165, 1.54) is 19.3 Å². The maximum atomic E-state index is 11.4. The molecule has 1 heterocycles. The number of fused-ring (bicyclic) bond motifs is 2. The lowest BCUT2D eigenvalue weighted by Crippen LogP contribution is -2.46. The van der Waals surface area contributed by atoms with Crippen molar-refractivity contribution in [3.8, 4) is 0 Å². The third-order valence-electron chi connectivity index (χ3n) is 6.45. The summed E-state index contributed by atoms with van der Waals surface area (Å²) in [6.45, 7) is 5.14. The molecule has 2 bridgehead atoms. The van der Waals surface area contributed by atoms with E-state index in [1.807, 2.05) is 13.0 Å². The zero-order valence-electron chi connectivity index (χ0n) is 16.3. The lowest BCUT2D eigenvalue weighted by Gasteiger charge is -2.52. The van der Waals surface area contributed by atoms with E-state index in [4.69, 9.17) is 11.5 Å². The zero-order valence-corrected chi connectivity index (χ0v) is 16.3. The van der Waals surface area contributed by atoms with Gasteiger partial charge in [-0.2, -0.15) is 15.0 Å². The van der Waals surface area contributed by atoms with Crippen LogP contribution in [0.2, 0.25) is 0 Å². The Morgan fingerprint density at radius 1 is 1.21 bits per heavy atom. The molecule has 4 atom stereocenters. The van der Waals surface area contributed by atoms with E-state index in [9.17, 15) is 4.79 Å². The summed E-state index contributed by atoms with van der Waals surface area (Å²) in [7, 11) is 0. The predicted octanol–water partition coefficient (Wildman–Crippen LogP) is 2.70. The van der Waals surface area contributed by atoms with Crippen molar-refractivity contribution in [1.82, 2.24) is 15.0 Å². The Morgan fingerprint density at radius 2 is 2.00 bits per heavy atom. The van der Waals surface area contributed by atoms with Gasteiger partial charge in [-0.05, 0) is 67.6 Å².